The number of nitrogens with zero attached hydrogens (tertiary/aromatic N) is 3. The fourth-order valence-corrected chi connectivity index (χ4v) is 2.55. The van der Waals surface area contributed by atoms with E-state index in [9.17, 15) is 29.8 Å². The summed E-state index contributed by atoms with van der Waals surface area (Å²) < 4.78 is 0. The second-order valence-corrected chi connectivity index (χ2v) is 5.06. The van der Waals surface area contributed by atoms with Crippen LogP contribution in [0.2, 0.25) is 0 Å². The second kappa shape index (κ2) is 5.54. The maximum absolute atomic E-state index is 12.2. The Kier molecular flexibility index (Phi) is 3.53. The molecule has 120 valence electrons. The summed E-state index contributed by atoms with van der Waals surface area (Å²) in [5.74, 6) is -1.74. The molecule has 0 aromatic heterocycles. The van der Waals surface area contributed by atoms with Gasteiger partial charge in [0.1, 0.15) is 0 Å². The van der Waals surface area contributed by atoms with Crippen molar-refractivity contribution < 1.29 is 19.4 Å². The SMILES string of the molecule is O=C1C(=O)N(Cc2ccccc2[N+](=O)[O-])c2ccc([N+](=O)[O-])cc21. The van der Waals surface area contributed by atoms with E-state index in [-0.39, 0.29) is 34.7 Å². The van der Waals surface area contributed by atoms with Gasteiger partial charge < -0.3 is 4.90 Å². The first kappa shape index (κ1) is 15.3. The minimum Gasteiger partial charge on any atom is -0.300 e. The lowest BCUT2D eigenvalue weighted by molar-refractivity contribution is -0.385. The van der Waals surface area contributed by atoms with Crippen molar-refractivity contribution in [1.82, 2.24) is 0 Å². The van der Waals surface area contributed by atoms with Crippen molar-refractivity contribution in [2.45, 2.75) is 6.54 Å². The molecule has 0 aliphatic carbocycles. The first-order valence-electron chi connectivity index (χ1n) is 6.77. The number of non-ortho nitro benzene ring substituents is 1. The number of ketones is 1. The van der Waals surface area contributed by atoms with Crippen LogP contribution in [0.1, 0.15) is 15.9 Å². The summed E-state index contributed by atoms with van der Waals surface area (Å²) in [6, 6.07) is 9.38. The number of fused-ring (bicyclic) bond motifs is 1. The van der Waals surface area contributed by atoms with Gasteiger partial charge >= 0.3 is 0 Å². The number of hydrogen-bond donors (Lipinski definition) is 0. The van der Waals surface area contributed by atoms with Crippen molar-refractivity contribution in [1.29, 1.82) is 0 Å². The highest BCUT2D eigenvalue weighted by Crippen LogP contribution is 2.34. The zero-order chi connectivity index (χ0) is 17.4. The molecule has 0 spiro atoms. The van der Waals surface area contributed by atoms with Crippen LogP contribution in [0.5, 0.6) is 0 Å². The number of nitro groups is 2. The van der Waals surface area contributed by atoms with Gasteiger partial charge in [-0.1, -0.05) is 18.2 Å². The lowest BCUT2D eigenvalue weighted by Gasteiger charge is -2.16. The number of nitro benzene ring substituents is 2. The number of carbonyl (C=O) groups is 2. The standard InChI is InChI=1S/C15H9N3O6/c19-14-11-7-10(17(21)22)5-6-13(11)16(15(14)20)8-9-3-1-2-4-12(9)18(23)24/h1-7H,8H2. The van der Waals surface area contributed by atoms with Crippen LogP contribution in [-0.2, 0) is 11.3 Å². The van der Waals surface area contributed by atoms with Crippen LogP contribution in [0.4, 0.5) is 17.1 Å². The van der Waals surface area contributed by atoms with Gasteiger partial charge in [0.25, 0.3) is 23.1 Å². The molecule has 24 heavy (non-hydrogen) atoms. The van der Waals surface area contributed by atoms with Gasteiger partial charge in [0.2, 0.25) is 0 Å². The van der Waals surface area contributed by atoms with Gasteiger partial charge in [-0.25, -0.2) is 0 Å². The Labute approximate surface area is 134 Å². The quantitative estimate of drug-likeness (QED) is 0.482. The van der Waals surface area contributed by atoms with E-state index in [1.165, 1.54) is 30.3 Å². The number of anilines is 1. The van der Waals surface area contributed by atoms with E-state index in [2.05, 4.69) is 0 Å². The Morgan fingerprint density at radius 1 is 0.958 bits per heavy atom. The van der Waals surface area contributed by atoms with Crippen LogP contribution >= 0.6 is 0 Å². The van der Waals surface area contributed by atoms with Gasteiger partial charge in [0, 0.05) is 23.8 Å². The third kappa shape index (κ3) is 2.37. The molecule has 2 aromatic carbocycles. The summed E-state index contributed by atoms with van der Waals surface area (Å²) >= 11 is 0. The molecule has 1 heterocycles. The molecule has 0 unspecified atom stereocenters. The van der Waals surface area contributed by atoms with Gasteiger partial charge in [0.15, 0.2) is 0 Å². The molecule has 0 radical (unpaired) electrons. The maximum Gasteiger partial charge on any atom is 0.299 e. The average molecular weight is 327 g/mol. The van der Waals surface area contributed by atoms with Crippen LogP contribution in [-0.4, -0.2) is 21.5 Å². The number of carbonyl (C=O) groups excluding carboxylic acids is 2. The normalized spacial score (nSPS) is 13.1. The molecule has 0 saturated carbocycles. The molecule has 1 amide bonds. The van der Waals surface area contributed by atoms with E-state index in [1.54, 1.807) is 6.07 Å². The summed E-state index contributed by atoms with van der Waals surface area (Å²) in [6.07, 6.45) is 0. The maximum atomic E-state index is 12.2. The second-order valence-electron chi connectivity index (χ2n) is 5.06. The van der Waals surface area contributed by atoms with Crippen LogP contribution in [0.25, 0.3) is 0 Å². The van der Waals surface area contributed by atoms with E-state index >= 15 is 0 Å². The third-order valence-corrected chi connectivity index (χ3v) is 3.68. The molecule has 1 aliphatic heterocycles. The van der Waals surface area contributed by atoms with Crippen molar-refractivity contribution in [3.8, 4) is 0 Å². The predicted octanol–water partition coefficient (Wildman–Crippen LogP) is 2.23. The van der Waals surface area contributed by atoms with E-state index < -0.39 is 21.5 Å². The molecule has 0 bridgehead atoms. The first-order chi connectivity index (χ1) is 11.4. The summed E-state index contributed by atoms with van der Waals surface area (Å²) in [4.78, 5) is 45.9. The Morgan fingerprint density at radius 2 is 1.67 bits per heavy atom. The molecular weight excluding hydrogens is 318 g/mol. The Morgan fingerprint density at radius 3 is 2.33 bits per heavy atom. The molecule has 9 heteroatoms. The van der Waals surface area contributed by atoms with Gasteiger partial charge in [-0.05, 0) is 6.07 Å². The monoisotopic (exact) mass is 327 g/mol. The highest BCUT2D eigenvalue weighted by molar-refractivity contribution is 6.52. The van der Waals surface area contributed by atoms with E-state index in [1.807, 2.05) is 0 Å². The zero-order valence-electron chi connectivity index (χ0n) is 12.0. The lowest BCUT2D eigenvalue weighted by atomic mass is 10.1. The van der Waals surface area contributed by atoms with Crippen LogP contribution in [0, 0.1) is 20.2 Å². The average Bonchev–Trinajstić information content (AvgIpc) is 2.80. The largest absolute Gasteiger partial charge is 0.300 e. The van der Waals surface area contributed by atoms with Gasteiger partial charge in [0.05, 0.1) is 27.6 Å². The highest BCUT2D eigenvalue weighted by atomic mass is 16.6. The summed E-state index contributed by atoms with van der Waals surface area (Å²) in [6.45, 7) is -0.174. The number of amides is 1. The molecule has 1 aliphatic rings. The highest BCUT2D eigenvalue weighted by Gasteiger charge is 2.37. The lowest BCUT2D eigenvalue weighted by Crippen LogP contribution is -2.29. The first-order valence-corrected chi connectivity index (χ1v) is 6.77. The van der Waals surface area contributed by atoms with Crippen LogP contribution in [0.3, 0.4) is 0 Å². The number of Topliss-reactive ketones (excluding diaryl/α,β-unsaturated/α-hetero) is 1. The van der Waals surface area contributed by atoms with Crippen molar-refractivity contribution >= 4 is 28.8 Å². The minimum atomic E-state index is -0.872. The molecule has 0 saturated heterocycles. The van der Waals surface area contributed by atoms with E-state index in [0.29, 0.717) is 0 Å². The molecule has 9 nitrogen and oxygen atoms in total. The summed E-state index contributed by atoms with van der Waals surface area (Å²) in [5.41, 5.74) is -0.0908. The van der Waals surface area contributed by atoms with Gasteiger partial charge in [-0.15, -0.1) is 0 Å². The topological polar surface area (TPSA) is 124 Å². The van der Waals surface area contributed by atoms with Gasteiger partial charge in [-0.3, -0.25) is 29.8 Å². The van der Waals surface area contributed by atoms with E-state index in [0.717, 1.165) is 11.0 Å². The Balaban J connectivity index is 2.03. The molecule has 0 atom stereocenters. The predicted molar refractivity (Wildman–Crippen MR) is 81.7 cm³/mol. The van der Waals surface area contributed by atoms with Gasteiger partial charge in [-0.2, -0.15) is 0 Å². The van der Waals surface area contributed by atoms with E-state index in [4.69, 9.17) is 0 Å². The number of rotatable bonds is 4. The Hall–Kier alpha value is -3.62. The van der Waals surface area contributed by atoms with Crippen molar-refractivity contribution in [3.63, 3.8) is 0 Å². The number of para-hydroxylation sites is 1. The number of benzene rings is 2. The molecular formula is C15H9N3O6. The summed E-state index contributed by atoms with van der Waals surface area (Å²) in [5, 5.41) is 21.9. The van der Waals surface area contributed by atoms with Crippen LogP contribution in [0.15, 0.2) is 42.5 Å². The molecule has 0 fully saturated rings. The smallest absolute Gasteiger partial charge is 0.299 e. The molecule has 3 rings (SSSR count). The Bertz CT molecular complexity index is 908. The van der Waals surface area contributed by atoms with Crippen molar-refractivity contribution in [2.24, 2.45) is 0 Å². The van der Waals surface area contributed by atoms with Crippen molar-refractivity contribution in [3.05, 3.63) is 73.8 Å². The third-order valence-electron chi connectivity index (χ3n) is 3.68. The summed E-state index contributed by atoms with van der Waals surface area (Å²) in [7, 11) is 0. The zero-order valence-corrected chi connectivity index (χ0v) is 12.0. The molecule has 2 aromatic rings. The van der Waals surface area contributed by atoms with Crippen LogP contribution < -0.4 is 4.90 Å². The minimum absolute atomic E-state index is 0.0761. The molecule has 0 N–H and O–H groups in total. The fourth-order valence-electron chi connectivity index (χ4n) is 2.55. The fraction of sp³-hybridized carbons (Fsp3) is 0.0667. The number of hydrogen-bond acceptors (Lipinski definition) is 6. The van der Waals surface area contributed by atoms with Crippen molar-refractivity contribution in [2.75, 3.05) is 4.90 Å².